The van der Waals surface area contributed by atoms with Gasteiger partial charge in [0.15, 0.2) is 34.9 Å². The molecular weight excluding hydrogens is 1770 g/mol. The van der Waals surface area contributed by atoms with Gasteiger partial charge in [0.25, 0.3) is 0 Å². The van der Waals surface area contributed by atoms with Gasteiger partial charge in [-0.05, 0) is 243 Å². The fourth-order valence-electron chi connectivity index (χ4n) is 22.0. The highest BCUT2D eigenvalue weighted by atomic mass is 32.1. The molecule has 0 amide bonds. The Bertz CT molecular complexity index is 10600. The first-order valence-corrected chi connectivity index (χ1v) is 49.3. The molecule has 0 unspecified atom stereocenters. The van der Waals surface area contributed by atoms with Crippen molar-refractivity contribution >= 4 is 194 Å². The number of nitrogens with zero attached hydrogens (tertiary/aromatic N) is 6. The Morgan fingerprint density at radius 1 is 0.148 bits per heavy atom. The number of benzene rings is 22. The molecule has 30 aromatic rings. The Hall–Kier alpha value is -18.5. The molecule has 0 aliphatic rings. The van der Waals surface area contributed by atoms with E-state index in [-0.39, 0.29) is 0 Å². The highest BCUT2D eigenvalue weighted by molar-refractivity contribution is 7.26. The summed E-state index contributed by atoms with van der Waals surface area (Å²) in [5.41, 5.74) is 26.3. The third-order valence-electron chi connectivity index (χ3n) is 28.8. The maximum Gasteiger partial charge on any atom is 0.167 e. The van der Waals surface area contributed by atoms with Gasteiger partial charge in [0.05, 0.1) is 11.1 Å². The molecule has 10 nitrogen and oxygen atoms in total. The second kappa shape index (κ2) is 31.5. The van der Waals surface area contributed by atoms with E-state index in [1.807, 2.05) is 59.1 Å². The van der Waals surface area contributed by atoms with Crippen LogP contribution in [-0.2, 0) is 0 Å². The number of fused-ring (bicyclic) bond motifs is 23. The van der Waals surface area contributed by atoms with Crippen molar-refractivity contribution in [2.45, 2.75) is 0 Å². The molecule has 0 saturated heterocycles. The minimum atomic E-state index is 0.494. The van der Waals surface area contributed by atoms with E-state index in [1.54, 1.807) is 0 Å². The first-order valence-electron chi connectivity index (χ1n) is 47.7. The second-order valence-corrected chi connectivity index (χ2v) is 39.0. The van der Waals surface area contributed by atoms with Gasteiger partial charge in [0.1, 0.15) is 44.7 Å². The number of aromatic nitrogens is 6. The number of hydrogen-bond donors (Lipinski definition) is 0. The van der Waals surface area contributed by atoms with Gasteiger partial charge >= 0.3 is 0 Å². The average molecular weight is 1850 g/mol. The van der Waals surface area contributed by atoms with Crippen molar-refractivity contribution < 1.29 is 17.7 Å². The Morgan fingerprint density at radius 2 is 0.549 bits per heavy atom. The highest BCUT2D eigenvalue weighted by Gasteiger charge is 2.28. The van der Waals surface area contributed by atoms with Crippen molar-refractivity contribution in [3.63, 3.8) is 0 Å². The molecule has 0 fully saturated rings. The SMILES string of the molecule is c1ccc(-c2cc(-c3cccc(-c4ccc5c(ccc6cc(-c7nc(-c8ccc(-c9ccc(-c%10cccc%11c%10sc%10ccccc%10%11)c%10oc%11ccccc%11c9%10)c9ccccc89)nc(-c8cccc9c8oc8ccccc89)n7)ccc65)c4)c3)cc(-c3nc(-c4ccc5ccc(-c6cccc7oc8cc(-c9ccc%10sc%11ccccc%11c%10c9)ccc8c67)cc5c4)nc(-c4cccc5c4oc4ccccc45)n3)c2)cc1. The molecule has 0 saturated carbocycles. The maximum atomic E-state index is 7.03. The maximum absolute atomic E-state index is 7.03. The molecule has 0 radical (unpaired) electrons. The average Bonchev–Trinajstić information content (AvgIpc) is 1.54. The predicted molar refractivity (Wildman–Crippen MR) is 589 cm³/mol. The number of para-hydroxylation sites is 5. The normalized spacial score (nSPS) is 12.1. The van der Waals surface area contributed by atoms with Crippen LogP contribution in [0.15, 0.2) is 454 Å². The molecule has 0 N–H and O–H groups in total. The van der Waals surface area contributed by atoms with Gasteiger partial charge in [-0.25, -0.2) is 29.9 Å². The second-order valence-electron chi connectivity index (χ2n) is 36.9. The fraction of sp³-hybridized carbons (Fsp3) is 0. The van der Waals surface area contributed by atoms with Crippen molar-refractivity contribution in [2.75, 3.05) is 0 Å². The van der Waals surface area contributed by atoms with Gasteiger partial charge in [-0.3, -0.25) is 0 Å². The van der Waals surface area contributed by atoms with E-state index in [9.17, 15) is 0 Å². The molecule has 0 atom stereocenters. The molecular formula is C130H72N6O4S2. The van der Waals surface area contributed by atoms with Gasteiger partial charge in [-0.15, -0.1) is 22.7 Å². The molecule has 22 aromatic carbocycles. The van der Waals surface area contributed by atoms with Crippen LogP contribution >= 0.6 is 22.7 Å². The third kappa shape index (κ3) is 12.9. The zero-order valence-electron chi connectivity index (χ0n) is 75.7. The van der Waals surface area contributed by atoms with Crippen LogP contribution in [0, 0.1) is 0 Å². The summed E-state index contributed by atoms with van der Waals surface area (Å²) < 4.78 is 32.4. The van der Waals surface area contributed by atoms with Crippen LogP contribution in [0.5, 0.6) is 0 Å². The van der Waals surface area contributed by atoms with E-state index in [0.29, 0.717) is 46.1 Å². The van der Waals surface area contributed by atoms with E-state index >= 15 is 0 Å². The number of thiophene rings is 2. The standard InChI is InChI=1S/C130H72N6O4S2/c1-2-21-73(22-3-1)86-68-87(70-88(69-86)127-131-125(133-129(135-127)108-37-17-33-100-95-27-6-11-39-111(95)138-121(100)108)83-50-46-74-45-47-82(66-85(74)67-83)91-32-20-42-114-119(91)107-57-52-79(72-115(107)137-114)78-54-62-118-110(71-78)98-30-10-14-43-116(98)141-118)76-24-16-23-75(63-76)77-51-55-89-80(64-77)48-49-81-65-84(53-56-90(81)89)126-132-128(136-130(134-126)109-38-18-34-101-96-28-7-12-40-112(96)139-122(101)109)105-61-58-94(92-25-4-5-26-93(92)105)99-59-60-102(123-120(99)106-31-8-13-41-113(106)140-123)104-36-19-35-103-97-29-9-15-44-117(97)142-124(103)104/h1-72H. The molecule has 30 rings (SSSR count). The van der Waals surface area contributed by atoms with Crippen molar-refractivity contribution in [3.8, 4) is 146 Å². The zero-order chi connectivity index (χ0) is 92.9. The van der Waals surface area contributed by atoms with E-state index in [2.05, 4.69) is 400 Å². The Morgan fingerprint density at radius 3 is 1.26 bits per heavy atom. The van der Waals surface area contributed by atoms with Crippen LogP contribution in [0.4, 0.5) is 0 Å². The molecule has 0 aliphatic heterocycles. The Labute approximate surface area is 818 Å². The summed E-state index contributed by atoms with van der Waals surface area (Å²) >= 11 is 3.67. The third-order valence-corrected chi connectivity index (χ3v) is 31.1. The minimum Gasteiger partial charge on any atom is -0.456 e. The van der Waals surface area contributed by atoms with Gasteiger partial charge < -0.3 is 17.7 Å². The lowest BCUT2D eigenvalue weighted by atomic mass is 9.90. The van der Waals surface area contributed by atoms with Crippen LogP contribution in [0.25, 0.3) is 317 Å². The lowest BCUT2D eigenvalue weighted by Gasteiger charge is -2.15. The molecule has 142 heavy (non-hydrogen) atoms. The van der Waals surface area contributed by atoms with E-state index in [4.69, 9.17) is 47.6 Å². The summed E-state index contributed by atoms with van der Waals surface area (Å²) in [4.78, 5) is 33.0. The van der Waals surface area contributed by atoms with E-state index in [0.717, 1.165) is 231 Å². The van der Waals surface area contributed by atoms with Crippen LogP contribution in [-0.4, -0.2) is 29.9 Å². The molecule has 8 aromatic heterocycles. The Kier molecular flexibility index (Phi) is 17.7. The fourth-order valence-corrected chi connectivity index (χ4v) is 24.3. The molecule has 0 bridgehead atoms. The van der Waals surface area contributed by atoms with Gasteiger partial charge in [0, 0.05) is 117 Å². The summed E-state index contributed by atoms with van der Waals surface area (Å²) in [5.74, 6) is 3.12. The van der Waals surface area contributed by atoms with Crippen LogP contribution in [0.1, 0.15) is 0 Å². The van der Waals surface area contributed by atoms with Crippen LogP contribution in [0.2, 0.25) is 0 Å². The number of rotatable bonds is 13. The number of furan rings is 4. The molecule has 8 heterocycles. The van der Waals surface area contributed by atoms with Crippen molar-refractivity contribution in [1.29, 1.82) is 0 Å². The van der Waals surface area contributed by atoms with Crippen LogP contribution < -0.4 is 0 Å². The summed E-state index contributed by atoms with van der Waals surface area (Å²) in [5, 5.41) is 21.9. The predicted octanol–water partition coefficient (Wildman–Crippen LogP) is 36.7. The van der Waals surface area contributed by atoms with Crippen molar-refractivity contribution in [2.24, 2.45) is 0 Å². The topological polar surface area (TPSA) is 130 Å². The Balaban J connectivity index is 0.507. The summed E-state index contributed by atoms with van der Waals surface area (Å²) in [6.45, 7) is 0. The first kappa shape index (κ1) is 79.7. The monoisotopic (exact) mass is 1840 g/mol. The van der Waals surface area contributed by atoms with E-state index < -0.39 is 0 Å². The van der Waals surface area contributed by atoms with Gasteiger partial charge in [0.2, 0.25) is 0 Å². The summed E-state index contributed by atoms with van der Waals surface area (Å²) in [7, 11) is 0. The smallest absolute Gasteiger partial charge is 0.167 e. The minimum absolute atomic E-state index is 0.494. The lowest BCUT2D eigenvalue weighted by Crippen LogP contribution is -2.01. The molecule has 658 valence electrons. The van der Waals surface area contributed by atoms with Crippen LogP contribution in [0.3, 0.4) is 0 Å². The van der Waals surface area contributed by atoms with Crippen molar-refractivity contribution in [1.82, 2.24) is 29.9 Å². The lowest BCUT2D eigenvalue weighted by molar-refractivity contribution is 0.669. The van der Waals surface area contributed by atoms with Gasteiger partial charge in [-0.1, -0.05) is 303 Å². The number of hydrogen-bond acceptors (Lipinski definition) is 12. The van der Waals surface area contributed by atoms with Gasteiger partial charge in [-0.2, -0.15) is 0 Å². The van der Waals surface area contributed by atoms with Crippen molar-refractivity contribution in [3.05, 3.63) is 437 Å². The first-order chi connectivity index (χ1) is 70.3. The largest absolute Gasteiger partial charge is 0.456 e. The summed E-state index contributed by atoms with van der Waals surface area (Å²) in [6.07, 6.45) is 0. The van der Waals surface area contributed by atoms with E-state index in [1.165, 1.54) is 40.3 Å². The highest BCUT2D eigenvalue weighted by Crippen LogP contribution is 2.51. The molecule has 12 heteroatoms. The zero-order valence-corrected chi connectivity index (χ0v) is 77.3. The quantitative estimate of drug-likeness (QED) is 0.103. The molecule has 0 aliphatic carbocycles. The molecule has 0 spiro atoms. The summed E-state index contributed by atoms with van der Waals surface area (Å²) in [6, 6.07) is 156.